The number of thioether (sulfide) groups is 1. The third-order valence-corrected chi connectivity index (χ3v) is 3.36. The zero-order valence-corrected chi connectivity index (χ0v) is 11.6. The summed E-state index contributed by atoms with van der Waals surface area (Å²) in [5.41, 5.74) is 0. The smallest absolute Gasteiger partial charge is 0.320 e. The summed E-state index contributed by atoms with van der Waals surface area (Å²) in [6.07, 6.45) is 3.65. The van der Waals surface area contributed by atoms with Gasteiger partial charge in [0.25, 0.3) is 0 Å². The Morgan fingerprint density at radius 3 is 2.94 bits per heavy atom. The molecule has 1 unspecified atom stereocenters. The van der Waals surface area contributed by atoms with Crippen molar-refractivity contribution in [1.82, 2.24) is 10.3 Å². The van der Waals surface area contributed by atoms with E-state index in [1.807, 2.05) is 12.3 Å². The maximum atomic E-state index is 11.4. The van der Waals surface area contributed by atoms with E-state index in [1.165, 1.54) is 0 Å². The van der Waals surface area contributed by atoms with Crippen LogP contribution in [0.25, 0.3) is 0 Å². The van der Waals surface area contributed by atoms with E-state index >= 15 is 0 Å². The molecule has 2 N–H and O–H groups in total. The lowest BCUT2D eigenvalue weighted by atomic mass is 10.4. The van der Waals surface area contributed by atoms with Crippen molar-refractivity contribution in [2.45, 2.75) is 12.2 Å². The Morgan fingerprint density at radius 1 is 1.62 bits per heavy atom. The first-order chi connectivity index (χ1) is 7.61. The Bertz CT molecular complexity index is 344. The molecule has 1 rings (SSSR count). The average molecular weight is 304 g/mol. The highest BCUT2D eigenvalue weighted by Crippen LogP contribution is 2.10. The lowest BCUT2D eigenvalue weighted by Gasteiger charge is -2.10. The molecule has 0 saturated heterocycles. The Hall–Kier alpha value is -0.750. The van der Waals surface area contributed by atoms with E-state index in [-0.39, 0.29) is 6.03 Å². The molecule has 0 aliphatic heterocycles. The number of nitrogens with zero attached hydrogens (tertiary/aromatic N) is 1. The summed E-state index contributed by atoms with van der Waals surface area (Å²) < 4.78 is 0.884. The van der Waals surface area contributed by atoms with Crippen molar-refractivity contribution in [2.75, 3.05) is 18.1 Å². The summed E-state index contributed by atoms with van der Waals surface area (Å²) in [5.74, 6) is 0.539. The standard InChI is InChI=1S/C10H14BrN3OS/c1-7(16-2)5-13-10(15)14-9-4-3-8(11)6-12-9/h3-4,6-7H,5H2,1-2H3,(H2,12,13,14,15). The van der Waals surface area contributed by atoms with E-state index in [2.05, 4.69) is 38.5 Å². The lowest BCUT2D eigenvalue weighted by Crippen LogP contribution is -2.33. The van der Waals surface area contributed by atoms with Gasteiger partial charge in [-0.25, -0.2) is 9.78 Å². The number of nitrogens with one attached hydrogen (secondary N) is 2. The van der Waals surface area contributed by atoms with Gasteiger partial charge in [0.2, 0.25) is 0 Å². The molecule has 2 amide bonds. The second kappa shape index (κ2) is 6.75. The zero-order valence-electron chi connectivity index (χ0n) is 9.16. The molecule has 6 heteroatoms. The summed E-state index contributed by atoms with van der Waals surface area (Å²) >= 11 is 4.99. The van der Waals surface area contributed by atoms with Crippen LogP contribution in [0.1, 0.15) is 6.92 Å². The number of hydrogen-bond acceptors (Lipinski definition) is 3. The largest absolute Gasteiger partial charge is 0.337 e. The monoisotopic (exact) mass is 303 g/mol. The Kier molecular flexibility index (Phi) is 5.62. The molecule has 0 aliphatic carbocycles. The SMILES string of the molecule is CSC(C)CNC(=O)Nc1ccc(Br)cn1. The first-order valence-electron chi connectivity index (χ1n) is 4.81. The van der Waals surface area contributed by atoms with E-state index in [4.69, 9.17) is 0 Å². The third kappa shape index (κ3) is 4.85. The summed E-state index contributed by atoms with van der Waals surface area (Å²) in [4.78, 5) is 15.5. The number of pyridine rings is 1. The highest BCUT2D eigenvalue weighted by Gasteiger charge is 2.04. The normalized spacial score (nSPS) is 11.9. The fourth-order valence-electron chi connectivity index (χ4n) is 0.930. The molecule has 1 aromatic heterocycles. The number of anilines is 1. The number of amides is 2. The van der Waals surface area contributed by atoms with Gasteiger partial charge in [-0.15, -0.1) is 0 Å². The molecule has 0 spiro atoms. The van der Waals surface area contributed by atoms with E-state index < -0.39 is 0 Å². The number of halogens is 1. The Balaban J connectivity index is 2.37. The minimum absolute atomic E-state index is 0.226. The van der Waals surface area contributed by atoms with Gasteiger partial charge in [0.1, 0.15) is 5.82 Å². The fourth-order valence-corrected chi connectivity index (χ4v) is 1.41. The maximum absolute atomic E-state index is 11.4. The minimum Gasteiger partial charge on any atom is -0.337 e. The molecule has 4 nitrogen and oxygen atoms in total. The molecule has 0 saturated carbocycles. The molecule has 0 aliphatic rings. The molecule has 0 fully saturated rings. The second-order valence-corrected chi connectivity index (χ2v) is 5.43. The molecule has 0 radical (unpaired) electrons. The molecular formula is C10H14BrN3OS. The molecule has 1 heterocycles. The number of rotatable bonds is 4. The fraction of sp³-hybridized carbons (Fsp3) is 0.400. The van der Waals surface area contributed by atoms with E-state index in [1.54, 1.807) is 24.0 Å². The number of carbonyl (C=O) groups excluding carboxylic acids is 1. The van der Waals surface area contributed by atoms with Gasteiger partial charge in [-0.3, -0.25) is 5.32 Å². The van der Waals surface area contributed by atoms with Gasteiger partial charge in [-0.05, 0) is 34.3 Å². The molecule has 0 bridgehead atoms. The van der Waals surface area contributed by atoms with Crippen LogP contribution < -0.4 is 10.6 Å². The number of hydrogen-bond donors (Lipinski definition) is 2. The summed E-state index contributed by atoms with van der Waals surface area (Å²) in [6.45, 7) is 2.70. The molecule has 16 heavy (non-hydrogen) atoms. The predicted octanol–water partition coefficient (Wildman–Crippen LogP) is 2.72. The first-order valence-corrected chi connectivity index (χ1v) is 6.89. The van der Waals surface area contributed by atoms with Gasteiger partial charge in [-0.2, -0.15) is 11.8 Å². The van der Waals surface area contributed by atoms with Gasteiger partial charge < -0.3 is 5.32 Å². The van der Waals surface area contributed by atoms with Gasteiger partial charge in [0.15, 0.2) is 0 Å². The van der Waals surface area contributed by atoms with Gasteiger partial charge in [0, 0.05) is 22.5 Å². The number of aromatic nitrogens is 1. The highest BCUT2D eigenvalue weighted by atomic mass is 79.9. The predicted molar refractivity (Wildman–Crippen MR) is 71.9 cm³/mol. The van der Waals surface area contributed by atoms with Crippen molar-refractivity contribution in [3.8, 4) is 0 Å². The second-order valence-electron chi connectivity index (χ2n) is 3.24. The number of carbonyl (C=O) groups is 1. The van der Waals surface area contributed by atoms with Gasteiger partial charge in [-0.1, -0.05) is 6.92 Å². The zero-order chi connectivity index (χ0) is 12.0. The van der Waals surface area contributed by atoms with Crippen LogP contribution in [-0.2, 0) is 0 Å². The van der Waals surface area contributed by atoms with Crippen molar-refractivity contribution >= 4 is 39.5 Å². The minimum atomic E-state index is -0.226. The molecular weight excluding hydrogens is 290 g/mol. The van der Waals surface area contributed by atoms with Crippen LogP contribution in [-0.4, -0.2) is 29.1 Å². The van der Waals surface area contributed by atoms with Crippen molar-refractivity contribution in [3.63, 3.8) is 0 Å². The molecule has 1 aromatic rings. The van der Waals surface area contributed by atoms with Crippen LogP contribution in [0.2, 0.25) is 0 Å². The van der Waals surface area contributed by atoms with E-state index in [9.17, 15) is 4.79 Å². The van der Waals surface area contributed by atoms with Crippen LogP contribution in [0.3, 0.4) is 0 Å². The van der Waals surface area contributed by atoms with Crippen LogP contribution in [0.4, 0.5) is 10.6 Å². The van der Waals surface area contributed by atoms with Gasteiger partial charge >= 0.3 is 6.03 Å². The van der Waals surface area contributed by atoms with E-state index in [0.717, 1.165) is 4.47 Å². The molecule has 0 aromatic carbocycles. The summed E-state index contributed by atoms with van der Waals surface area (Å²) in [6, 6.07) is 3.34. The van der Waals surface area contributed by atoms with Crippen LogP contribution in [0.5, 0.6) is 0 Å². The topological polar surface area (TPSA) is 54.0 Å². The summed E-state index contributed by atoms with van der Waals surface area (Å²) in [5, 5.41) is 5.84. The summed E-state index contributed by atoms with van der Waals surface area (Å²) in [7, 11) is 0. The molecule has 1 atom stereocenters. The van der Waals surface area contributed by atoms with Crippen molar-refractivity contribution in [2.24, 2.45) is 0 Å². The van der Waals surface area contributed by atoms with Crippen LogP contribution >= 0.6 is 27.7 Å². The van der Waals surface area contributed by atoms with Crippen molar-refractivity contribution in [3.05, 3.63) is 22.8 Å². The van der Waals surface area contributed by atoms with E-state index in [0.29, 0.717) is 17.6 Å². The third-order valence-electron chi connectivity index (χ3n) is 1.92. The highest BCUT2D eigenvalue weighted by molar-refractivity contribution is 9.10. The van der Waals surface area contributed by atoms with Crippen LogP contribution in [0.15, 0.2) is 22.8 Å². The Morgan fingerprint density at radius 2 is 2.38 bits per heavy atom. The van der Waals surface area contributed by atoms with Crippen molar-refractivity contribution in [1.29, 1.82) is 0 Å². The van der Waals surface area contributed by atoms with Crippen molar-refractivity contribution < 1.29 is 4.79 Å². The first kappa shape index (κ1) is 13.3. The van der Waals surface area contributed by atoms with Crippen LogP contribution in [0, 0.1) is 0 Å². The lowest BCUT2D eigenvalue weighted by molar-refractivity contribution is 0.252. The Labute approximate surface area is 108 Å². The number of urea groups is 1. The molecule has 88 valence electrons. The average Bonchev–Trinajstić information content (AvgIpc) is 2.29. The van der Waals surface area contributed by atoms with Gasteiger partial charge in [0.05, 0.1) is 0 Å². The quantitative estimate of drug-likeness (QED) is 0.899. The maximum Gasteiger partial charge on any atom is 0.320 e.